The van der Waals surface area contributed by atoms with Crippen LogP contribution in [-0.2, 0) is 22.6 Å². The number of benzene rings is 1. The van der Waals surface area contributed by atoms with Gasteiger partial charge in [-0.2, -0.15) is 0 Å². The Kier molecular flexibility index (Phi) is 5.11. The number of nitrogens with zero attached hydrogens (tertiary/aromatic N) is 4. The first kappa shape index (κ1) is 17.1. The monoisotopic (exact) mass is 342 g/mol. The molecule has 0 radical (unpaired) electrons. The topological polar surface area (TPSA) is 79.5 Å². The second-order valence-corrected chi connectivity index (χ2v) is 5.96. The Morgan fingerprint density at radius 2 is 1.96 bits per heavy atom. The van der Waals surface area contributed by atoms with E-state index in [1.54, 1.807) is 9.80 Å². The average molecular weight is 342 g/mol. The van der Waals surface area contributed by atoms with Crippen molar-refractivity contribution in [1.29, 1.82) is 0 Å². The third kappa shape index (κ3) is 3.55. The fourth-order valence-corrected chi connectivity index (χ4v) is 3.00. The lowest BCUT2D eigenvalue weighted by Gasteiger charge is -2.22. The number of carbonyl (C=O) groups excluding carboxylic acids is 2. The Balaban J connectivity index is 1.69. The molecule has 7 nitrogen and oxygen atoms in total. The van der Waals surface area contributed by atoms with E-state index in [0.717, 1.165) is 5.69 Å². The van der Waals surface area contributed by atoms with Crippen LogP contribution >= 0.6 is 0 Å². The van der Waals surface area contributed by atoms with Gasteiger partial charge in [-0.1, -0.05) is 25.1 Å². The van der Waals surface area contributed by atoms with E-state index in [-0.39, 0.29) is 18.4 Å². The van der Waals surface area contributed by atoms with Crippen LogP contribution < -0.4 is 4.90 Å². The average Bonchev–Trinajstić information content (AvgIpc) is 3.26. The SMILES string of the molecule is CCc1nnc(CN(CC)C(=O)[C@H]2CCN(c3ccccc3)C2=O)o1. The zero-order chi connectivity index (χ0) is 17.8. The van der Waals surface area contributed by atoms with E-state index in [0.29, 0.717) is 37.7 Å². The molecular formula is C18H22N4O3. The van der Waals surface area contributed by atoms with Crippen LogP contribution in [0.5, 0.6) is 0 Å². The number of anilines is 1. The molecule has 25 heavy (non-hydrogen) atoms. The van der Waals surface area contributed by atoms with Crippen LogP contribution in [0.2, 0.25) is 0 Å². The molecular weight excluding hydrogens is 320 g/mol. The second kappa shape index (κ2) is 7.46. The summed E-state index contributed by atoms with van der Waals surface area (Å²) >= 11 is 0. The zero-order valence-corrected chi connectivity index (χ0v) is 14.5. The van der Waals surface area contributed by atoms with Gasteiger partial charge < -0.3 is 14.2 Å². The summed E-state index contributed by atoms with van der Waals surface area (Å²) in [5.41, 5.74) is 0.829. The first-order chi connectivity index (χ1) is 12.1. The Hall–Kier alpha value is -2.70. The molecule has 1 saturated heterocycles. The minimum Gasteiger partial charge on any atom is -0.423 e. The van der Waals surface area contributed by atoms with Crippen molar-refractivity contribution in [2.24, 2.45) is 5.92 Å². The van der Waals surface area contributed by atoms with Crippen molar-refractivity contribution >= 4 is 17.5 Å². The Labute approximate surface area is 146 Å². The van der Waals surface area contributed by atoms with Gasteiger partial charge in [0.1, 0.15) is 5.92 Å². The maximum Gasteiger partial charge on any atom is 0.239 e. The second-order valence-electron chi connectivity index (χ2n) is 5.96. The summed E-state index contributed by atoms with van der Waals surface area (Å²) < 4.78 is 5.48. The predicted molar refractivity (Wildman–Crippen MR) is 91.7 cm³/mol. The summed E-state index contributed by atoms with van der Waals surface area (Å²) in [5, 5.41) is 7.88. The molecule has 1 aliphatic rings. The molecule has 1 atom stereocenters. The van der Waals surface area contributed by atoms with Crippen molar-refractivity contribution in [3.05, 3.63) is 42.1 Å². The molecule has 0 unspecified atom stereocenters. The highest BCUT2D eigenvalue weighted by molar-refractivity contribution is 6.09. The van der Waals surface area contributed by atoms with E-state index in [1.807, 2.05) is 44.2 Å². The van der Waals surface area contributed by atoms with E-state index in [2.05, 4.69) is 10.2 Å². The van der Waals surface area contributed by atoms with Gasteiger partial charge in [0.15, 0.2) is 0 Å². The molecule has 132 valence electrons. The number of hydrogen-bond acceptors (Lipinski definition) is 5. The molecule has 1 aromatic heterocycles. The molecule has 0 saturated carbocycles. The van der Waals surface area contributed by atoms with Gasteiger partial charge in [0, 0.05) is 25.2 Å². The fraction of sp³-hybridized carbons (Fsp3) is 0.444. The van der Waals surface area contributed by atoms with Crippen LogP contribution in [0.15, 0.2) is 34.7 Å². The predicted octanol–water partition coefficient (Wildman–Crippen LogP) is 2.03. The van der Waals surface area contributed by atoms with E-state index in [4.69, 9.17) is 4.42 Å². The smallest absolute Gasteiger partial charge is 0.239 e. The number of hydrogen-bond donors (Lipinski definition) is 0. The quantitative estimate of drug-likeness (QED) is 0.751. The fourth-order valence-electron chi connectivity index (χ4n) is 3.00. The lowest BCUT2D eigenvalue weighted by atomic mass is 10.1. The molecule has 1 fully saturated rings. The van der Waals surface area contributed by atoms with Gasteiger partial charge in [-0.15, -0.1) is 10.2 Å². The Morgan fingerprint density at radius 3 is 2.60 bits per heavy atom. The molecule has 7 heteroatoms. The molecule has 3 rings (SSSR count). The minimum atomic E-state index is -0.645. The third-order valence-electron chi connectivity index (χ3n) is 4.40. The lowest BCUT2D eigenvalue weighted by Crippen LogP contribution is -2.39. The Bertz CT molecular complexity index is 744. The van der Waals surface area contributed by atoms with E-state index >= 15 is 0 Å². The van der Waals surface area contributed by atoms with Crippen molar-refractivity contribution in [3.8, 4) is 0 Å². The van der Waals surface area contributed by atoms with Gasteiger partial charge in [-0.05, 0) is 25.5 Å². The number of aryl methyl sites for hydroxylation is 1. The highest BCUT2D eigenvalue weighted by Gasteiger charge is 2.39. The standard InChI is InChI=1S/C18H22N4O3/c1-3-15-19-20-16(25-15)12-21(4-2)17(23)14-10-11-22(18(14)24)13-8-6-5-7-9-13/h5-9,14H,3-4,10-12H2,1-2H3/t14-/m1/s1. The summed E-state index contributed by atoms with van der Waals surface area (Å²) in [5.74, 6) is -0.0200. The summed E-state index contributed by atoms with van der Waals surface area (Å²) in [7, 11) is 0. The van der Waals surface area contributed by atoms with Gasteiger partial charge in [-0.25, -0.2) is 0 Å². The van der Waals surface area contributed by atoms with Gasteiger partial charge in [0.05, 0.1) is 6.54 Å². The normalized spacial score (nSPS) is 17.1. The maximum atomic E-state index is 12.8. The van der Waals surface area contributed by atoms with Crippen LogP contribution in [0.4, 0.5) is 5.69 Å². The van der Waals surface area contributed by atoms with Crippen LogP contribution in [0.1, 0.15) is 32.0 Å². The van der Waals surface area contributed by atoms with Crippen molar-refractivity contribution < 1.29 is 14.0 Å². The first-order valence-corrected chi connectivity index (χ1v) is 8.60. The summed E-state index contributed by atoms with van der Waals surface area (Å²) in [4.78, 5) is 28.8. The number of rotatable bonds is 6. The van der Waals surface area contributed by atoms with Crippen LogP contribution in [0.3, 0.4) is 0 Å². The molecule has 1 aliphatic heterocycles. The van der Waals surface area contributed by atoms with E-state index in [9.17, 15) is 9.59 Å². The Morgan fingerprint density at radius 1 is 1.24 bits per heavy atom. The molecule has 0 spiro atoms. The third-order valence-corrected chi connectivity index (χ3v) is 4.40. The summed E-state index contributed by atoms with van der Waals surface area (Å²) in [6.07, 6.45) is 1.17. The highest BCUT2D eigenvalue weighted by Crippen LogP contribution is 2.26. The molecule has 0 bridgehead atoms. The minimum absolute atomic E-state index is 0.144. The number of amides is 2. The van der Waals surface area contributed by atoms with Crippen molar-refractivity contribution in [2.75, 3.05) is 18.0 Å². The van der Waals surface area contributed by atoms with Crippen molar-refractivity contribution in [3.63, 3.8) is 0 Å². The van der Waals surface area contributed by atoms with E-state index < -0.39 is 5.92 Å². The van der Waals surface area contributed by atoms with E-state index in [1.165, 1.54) is 0 Å². The van der Waals surface area contributed by atoms with Crippen molar-refractivity contribution in [2.45, 2.75) is 33.2 Å². The van der Waals surface area contributed by atoms with Crippen molar-refractivity contribution in [1.82, 2.24) is 15.1 Å². The summed E-state index contributed by atoms with van der Waals surface area (Å²) in [6.45, 7) is 5.07. The van der Waals surface area contributed by atoms with Crippen LogP contribution in [-0.4, -0.2) is 40.0 Å². The molecule has 0 aliphatic carbocycles. The highest BCUT2D eigenvalue weighted by atomic mass is 16.4. The van der Waals surface area contributed by atoms with Gasteiger partial charge in [0.25, 0.3) is 0 Å². The largest absolute Gasteiger partial charge is 0.423 e. The molecule has 2 heterocycles. The zero-order valence-electron chi connectivity index (χ0n) is 14.5. The molecule has 0 N–H and O–H groups in total. The molecule has 2 amide bonds. The number of aromatic nitrogens is 2. The number of para-hydroxylation sites is 1. The molecule has 2 aromatic rings. The van der Waals surface area contributed by atoms with Gasteiger partial charge in [0.2, 0.25) is 23.6 Å². The number of carbonyl (C=O) groups is 2. The van der Waals surface area contributed by atoms with Gasteiger partial charge in [-0.3, -0.25) is 9.59 Å². The molecule has 1 aromatic carbocycles. The van der Waals surface area contributed by atoms with Crippen LogP contribution in [0, 0.1) is 5.92 Å². The maximum absolute atomic E-state index is 12.8. The lowest BCUT2D eigenvalue weighted by molar-refractivity contribution is -0.140. The summed E-state index contributed by atoms with van der Waals surface area (Å²) in [6, 6.07) is 9.44. The first-order valence-electron chi connectivity index (χ1n) is 8.60. The van der Waals surface area contributed by atoms with Gasteiger partial charge >= 0.3 is 0 Å². The van der Waals surface area contributed by atoms with Crippen LogP contribution in [0.25, 0.3) is 0 Å².